The van der Waals surface area contributed by atoms with Gasteiger partial charge in [-0.25, -0.2) is 0 Å². The molecular weight excluding hydrogens is 253 g/mol. The first-order chi connectivity index (χ1) is 9.02. The Labute approximate surface area is 113 Å². The van der Waals surface area contributed by atoms with Gasteiger partial charge in [0.05, 0.1) is 5.92 Å². The van der Waals surface area contributed by atoms with Gasteiger partial charge in [0.15, 0.2) is 0 Å². The summed E-state index contributed by atoms with van der Waals surface area (Å²) in [6.45, 7) is 1.61. The summed E-state index contributed by atoms with van der Waals surface area (Å²) in [6, 6.07) is 0.276. The molecule has 2 fully saturated rings. The number of halogens is 3. The van der Waals surface area contributed by atoms with Crippen LogP contribution in [-0.4, -0.2) is 36.8 Å². The van der Waals surface area contributed by atoms with Crippen LogP contribution >= 0.6 is 0 Å². The third-order valence-corrected chi connectivity index (χ3v) is 4.81. The van der Waals surface area contributed by atoms with E-state index in [0.717, 1.165) is 25.8 Å². The number of hydrogen-bond donors (Lipinski definition) is 1. The summed E-state index contributed by atoms with van der Waals surface area (Å²) in [7, 11) is 0. The topological polar surface area (TPSA) is 29.3 Å². The van der Waals surface area contributed by atoms with Gasteiger partial charge in [0, 0.05) is 12.6 Å². The highest BCUT2D eigenvalue weighted by atomic mass is 19.4. The maximum absolute atomic E-state index is 12.9. The zero-order valence-corrected chi connectivity index (χ0v) is 11.5. The van der Waals surface area contributed by atoms with Crippen LogP contribution in [0.2, 0.25) is 0 Å². The van der Waals surface area contributed by atoms with Gasteiger partial charge in [-0.3, -0.25) is 4.90 Å². The normalized spacial score (nSPS) is 35.1. The maximum Gasteiger partial charge on any atom is 0.393 e. The average Bonchev–Trinajstić information content (AvgIpc) is 2.62. The lowest BCUT2D eigenvalue weighted by Crippen LogP contribution is -2.50. The fraction of sp³-hybridized carbons (Fsp3) is 1.00. The van der Waals surface area contributed by atoms with Crippen molar-refractivity contribution in [3.05, 3.63) is 0 Å². The Morgan fingerprint density at radius 2 is 1.74 bits per heavy atom. The van der Waals surface area contributed by atoms with Gasteiger partial charge in [0.25, 0.3) is 0 Å². The Morgan fingerprint density at radius 3 is 2.42 bits per heavy atom. The highest BCUT2D eigenvalue weighted by Gasteiger charge is 2.43. The number of nitrogens with two attached hydrogens (primary N) is 1. The molecule has 1 aliphatic heterocycles. The minimum atomic E-state index is -4.04. The molecule has 1 saturated heterocycles. The monoisotopic (exact) mass is 278 g/mol. The van der Waals surface area contributed by atoms with Gasteiger partial charge in [-0.2, -0.15) is 13.2 Å². The summed E-state index contributed by atoms with van der Waals surface area (Å²) >= 11 is 0. The van der Waals surface area contributed by atoms with Crippen molar-refractivity contribution >= 4 is 0 Å². The second-order valence-corrected chi connectivity index (χ2v) is 6.08. The van der Waals surface area contributed by atoms with Crippen molar-refractivity contribution in [2.45, 2.75) is 57.2 Å². The molecule has 1 heterocycles. The second-order valence-electron chi connectivity index (χ2n) is 6.08. The molecule has 1 aliphatic carbocycles. The van der Waals surface area contributed by atoms with Gasteiger partial charge >= 0.3 is 6.18 Å². The number of hydrogen-bond acceptors (Lipinski definition) is 2. The molecule has 3 unspecified atom stereocenters. The first-order valence-electron chi connectivity index (χ1n) is 7.53. The largest absolute Gasteiger partial charge is 0.393 e. The minimum absolute atomic E-state index is 0.185. The first-order valence-corrected chi connectivity index (χ1v) is 7.53. The van der Waals surface area contributed by atoms with Gasteiger partial charge in [0.2, 0.25) is 0 Å². The van der Waals surface area contributed by atoms with E-state index in [1.54, 1.807) is 0 Å². The van der Waals surface area contributed by atoms with Crippen LogP contribution in [0, 0.1) is 11.8 Å². The summed E-state index contributed by atoms with van der Waals surface area (Å²) in [5, 5.41) is 0. The van der Waals surface area contributed by atoms with Crippen molar-refractivity contribution < 1.29 is 13.2 Å². The maximum atomic E-state index is 12.9. The number of nitrogens with zero attached hydrogens (tertiary/aromatic N) is 1. The van der Waals surface area contributed by atoms with Crippen LogP contribution in [0.25, 0.3) is 0 Å². The number of piperidine rings is 1. The predicted molar refractivity (Wildman–Crippen MR) is 69.8 cm³/mol. The highest BCUT2D eigenvalue weighted by Crippen LogP contribution is 2.36. The number of alkyl halides is 3. The highest BCUT2D eigenvalue weighted by molar-refractivity contribution is 4.87. The van der Waals surface area contributed by atoms with E-state index in [0.29, 0.717) is 25.3 Å². The van der Waals surface area contributed by atoms with E-state index in [1.807, 2.05) is 0 Å². The average molecular weight is 278 g/mol. The van der Waals surface area contributed by atoms with Crippen LogP contribution in [-0.2, 0) is 0 Å². The van der Waals surface area contributed by atoms with Crippen LogP contribution in [0.3, 0.4) is 0 Å². The summed E-state index contributed by atoms with van der Waals surface area (Å²) in [4.78, 5) is 2.09. The Bertz CT molecular complexity index is 280. The van der Waals surface area contributed by atoms with Crippen LogP contribution in [0.4, 0.5) is 13.2 Å². The predicted octanol–water partition coefficient (Wildman–Crippen LogP) is 3.17. The molecule has 0 aromatic heterocycles. The summed E-state index contributed by atoms with van der Waals surface area (Å²) in [5.74, 6) is -0.752. The zero-order chi connectivity index (χ0) is 13.9. The van der Waals surface area contributed by atoms with Crippen LogP contribution in [0.1, 0.15) is 44.9 Å². The second kappa shape index (κ2) is 6.44. The third-order valence-electron chi connectivity index (χ3n) is 4.81. The van der Waals surface area contributed by atoms with Crippen molar-refractivity contribution in [3.8, 4) is 0 Å². The SMILES string of the molecule is NCC1CCCCCC1N1CCCC(C(F)(F)F)C1. The molecule has 0 aromatic rings. The van der Waals surface area contributed by atoms with E-state index < -0.39 is 12.1 Å². The molecule has 0 radical (unpaired) electrons. The number of rotatable bonds is 2. The zero-order valence-electron chi connectivity index (χ0n) is 11.5. The van der Waals surface area contributed by atoms with E-state index in [-0.39, 0.29) is 12.6 Å². The lowest BCUT2D eigenvalue weighted by atomic mass is 9.89. The standard InChI is InChI=1S/C14H25F3N2/c15-14(16,17)12-6-4-8-19(10-12)13-7-3-1-2-5-11(13)9-18/h11-13H,1-10,18H2. The van der Waals surface area contributed by atoms with Crippen molar-refractivity contribution in [1.29, 1.82) is 0 Å². The van der Waals surface area contributed by atoms with Crippen LogP contribution < -0.4 is 5.73 Å². The van der Waals surface area contributed by atoms with Crippen molar-refractivity contribution in [2.75, 3.05) is 19.6 Å². The molecule has 0 bridgehead atoms. The van der Waals surface area contributed by atoms with Gasteiger partial charge in [0.1, 0.15) is 0 Å². The van der Waals surface area contributed by atoms with E-state index in [2.05, 4.69) is 4.90 Å². The van der Waals surface area contributed by atoms with Gasteiger partial charge in [-0.15, -0.1) is 0 Å². The van der Waals surface area contributed by atoms with E-state index >= 15 is 0 Å². The Hall–Kier alpha value is -0.290. The molecule has 0 aromatic carbocycles. The molecule has 5 heteroatoms. The molecule has 3 atom stereocenters. The van der Waals surface area contributed by atoms with E-state index in [1.165, 1.54) is 12.8 Å². The summed E-state index contributed by atoms with van der Waals surface area (Å²) in [6.07, 6.45) is 2.52. The minimum Gasteiger partial charge on any atom is -0.330 e. The molecular formula is C14H25F3N2. The van der Waals surface area contributed by atoms with Gasteiger partial charge in [-0.1, -0.05) is 19.3 Å². The van der Waals surface area contributed by atoms with E-state index in [4.69, 9.17) is 5.73 Å². The van der Waals surface area contributed by atoms with Crippen LogP contribution in [0.15, 0.2) is 0 Å². The molecule has 1 saturated carbocycles. The lowest BCUT2D eigenvalue weighted by Gasteiger charge is -2.41. The lowest BCUT2D eigenvalue weighted by molar-refractivity contribution is -0.189. The third kappa shape index (κ3) is 3.85. The smallest absolute Gasteiger partial charge is 0.330 e. The molecule has 19 heavy (non-hydrogen) atoms. The van der Waals surface area contributed by atoms with Crippen molar-refractivity contribution in [1.82, 2.24) is 4.90 Å². The molecule has 2 aliphatic rings. The van der Waals surface area contributed by atoms with Crippen molar-refractivity contribution in [2.24, 2.45) is 17.6 Å². The number of likely N-dealkylation sites (tertiary alicyclic amines) is 1. The molecule has 2 N–H and O–H groups in total. The van der Waals surface area contributed by atoms with Gasteiger partial charge < -0.3 is 5.73 Å². The Kier molecular flexibility index (Phi) is 5.12. The molecule has 2 nitrogen and oxygen atoms in total. The fourth-order valence-corrected chi connectivity index (χ4v) is 3.70. The van der Waals surface area contributed by atoms with Crippen LogP contribution in [0.5, 0.6) is 0 Å². The fourth-order valence-electron chi connectivity index (χ4n) is 3.70. The molecule has 0 spiro atoms. The quantitative estimate of drug-likeness (QED) is 0.786. The Balaban J connectivity index is 2.02. The summed E-state index contributed by atoms with van der Waals surface area (Å²) in [5.41, 5.74) is 5.84. The van der Waals surface area contributed by atoms with E-state index in [9.17, 15) is 13.2 Å². The Morgan fingerprint density at radius 1 is 1.00 bits per heavy atom. The van der Waals surface area contributed by atoms with Crippen molar-refractivity contribution in [3.63, 3.8) is 0 Å². The molecule has 112 valence electrons. The van der Waals surface area contributed by atoms with Gasteiger partial charge in [-0.05, 0) is 44.7 Å². The summed E-state index contributed by atoms with van der Waals surface area (Å²) < 4.78 is 38.7. The molecule has 2 rings (SSSR count). The first kappa shape index (κ1) is 15.1. The molecule has 0 amide bonds.